The van der Waals surface area contributed by atoms with Crippen molar-refractivity contribution in [2.75, 3.05) is 0 Å². The van der Waals surface area contributed by atoms with Crippen LogP contribution in [0, 0.1) is 0 Å². The molecule has 2 N–H and O–H groups in total. The first-order valence-electron chi connectivity index (χ1n) is 2.88. The lowest BCUT2D eigenvalue weighted by Crippen LogP contribution is -1.95. The highest BCUT2D eigenvalue weighted by Crippen LogP contribution is 2.23. The highest BCUT2D eigenvalue weighted by atomic mass is 79.9. The zero-order chi connectivity index (χ0) is 7.56. The molecule has 1 rings (SSSR count). The van der Waals surface area contributed by atoms with E-state index < -0.39 is 0 Å². The average molecular weight is 301 g/mol. The van der Waals surface area contributed by atoms with Crippen LogP contribution in [0.3, 0.4) is 0 Å². The smallest absolute Gasteiger partial charge is 0.0320 e. The molecule has 0 fully saturated rings. The summed E-state index contributed by atoms with van der Waals surface area (Å²) in [5.41, 5.74) is 6.57. The van der Waals surface area contributed by atoms with E-state index in [1.807, 2.05) is 18.2 Å². The molecule has 0 bridgehead atoms. The zero-order valence-electron chi connectivity index (χ0n) is 5.68. The van der Waals surface area contributed by atoms with E-state index in [-0.39, 0.29) is 12.4 Å². The molecule has 0 saturated carbocycles. The number of benzene rings is 1. The topological polar surface area (TPSA) is 26.0 Å². The van der Waals surface area contributed by atoms with Crippen LogP contribution >= 0.6 is 44.3 Å². The Morgan fingerprint density at radius 1 is 1.18 bits per heavy atom. The fourth-order valence-corrected chi connectivity index (χ4v) is 1.34. The van der Waals surface area contributed by atoms with Crippen LogP contribution in [-0.4, -0.2) is 0 Å². The van der Waals surface area contributed by atoms with Crippen LogP contribution in [-0.2, 0) is 6.54 Å². The number of nitrogens with two attached hydrogens (primary N) is 1. The molecule has 0 aliphatic rings. The Morgan fingerprint density at radius 3 is 2.27 bits per heavy atom. The highest BCUT2D eigenvalue weighted by molar-refractivity contribution is 9.13. The van der Waals surface area contributed by atoms with E-state index in [0.29, 0.717) is 6.54 Å². The van der Waals surface area contributed by atoms with Crippen molar-refractivity contribution in [2.45, 2.75) is 6.54 Å². The van der Waals surface area contributed by atoms with Crippen LogP contribution in [0.25, 0.3) is 0 Å². The van der Waals surface area contributed by atoms with Gasteiger partial charge in [0.1, 0.15) is 0 Å². The predicted molar refractivity (Wildman–Crippen MR) is 57.0 cm³/mol. The molecule has 0 heterocycles. The van der Waals surface area contributed by atoms with Gasteiger partial charge in [-0.2, -0.15) is 0 Å². The third-order valence-electron chi connectivity index (χ3n) is 1.22. The second kappa shape index (κ2) is 5.14. The summed E-state index contributed by atoms with van der Waals surface area (Å²) in [7, 11) is 0. The normalized spacial score (nSPS) is 9.00. The van der Waals surface area contributed by atoms with E-state index in [0.717, 1.165) is 14.5 Å². The molecule has 1 aromatic rings. The molecular weight excluding hydrogens is 293 g/mol. The first-order valence-corrected chi connectivity index (χ1v) is 4.46. The van der Waals surface area contributed by atoms with Gasteiger partial charge in [0.25, 0.3) is 0 Å². The largest absolute Gasteiger partial charge is 0.326 e. The van der Waals surface area contributed by atoms with Gasteiger partial charge in [0.05, 0.1) is 0 Å². The number of halogens is 3. The van der Waals surface area contributed by atoms with Gasteiger partial charge in [-0.15, -0.1) is 12.4 Å². The van der Waals surface area contributed by atoms with E-state index in [2.05, 4.69) is 31.9 Å². The average Bonchev–Trinajstić information content (AvgIpc) is 1.95. The molecule has 62 valence electrons. The van der Waals surface area contributed by atoms with Gasteiger partial charge in [-0.1, -0.05) is 6.07 Å². The standard InChI is InChI=1S/C7H7Br2N.ClH/c8-6-2-1-5(4-10)3-7(6)9;/h1-3H,4,10H2;1H. The lowest BCUT2D eigenvalue weighted by atomic mass is 10.2. The van der Waals surface area contributed by atoms with Crippen LogP contribution in [0.4, 0.5) is 0 Å². The third-order valence-corrected chi connectivity index (χ3v) is 3.10. The summed E-state index contributed by atoms with van der Waals surface area (Å²) in [5.74, 6) is 0. The van der Waals surface area contributed by atoms with Crippen LogP contribution in [0.15, 0.2) is 27.1 Å². The van der Waals surface area contributed by atoms with E-state index in [1.165, 1.54) is 0 Å². The maximum Gasteiger partial charge on any atom is 0.0320 e. The van der Waals surface area contributed by atoms with Crippen molar-refractivity contribution < 1.29 is 0 Å². The van der Waals surface area contributed by atoms with Crippen molar-refractivity contribution in [1.29, 1.82) is 0 Å². The van der Waals surface area contributed by atoms with Crippen molar-refractivity contribution in [3.05, 3.63) is 32.7 Å². The molecule has 1 aromatic carbocycles. The number of hydrogen-bond acceptors (Lipinski definition) is 1. The quantitative estimate of drug-likeness (QED) is 0.847. The molecule has 4 heteroatoms. The maximum atomic E-state index is 5.43. The van der Waals surface area contributed by atoms with Gasteiger partial charge in [-0.25, -0.2) is 0 Å². The van der Waals surface area contributed by atoms with Crippen molar-refractivity contribution in [2.24, 2.45) is 5.73 Å². The van der Waals surface area contributed by atoms with Crippen LogP contribution in [0.1, 0.15) is 5.56 Å². The van der Waals surface area contributed by atoms with Gasteiger partial charge in [0.15, 0.2) is 0 Å². The van der Waals surface area contributed by atoms with E-state index >= 15 is 0 Å². The van der Waals surface area contributed by atoms with Crippen molar-refractivity contribution in [3.8, 4) is 0 Å². The predicted octanol–water partition coefficient (Wildman–Crippen LogP) is 3.09. The zero-order valence-corrected chi connectivity index (χ0v) is 9.67. The van der Waals surface area contributed by atoms with Crippen LogP contribution in [0.2, 0.25) is 0 Å². The minimum absolute atomic E-state index is 0. The molecule has 0 aliphatic heterocycles. The van der Waals surface area contributed by atoms with Gasteiger partial charge in [-0.05, 0) is 49.6 Å². The Labute approximate surface area is 89.0 Å². The Morgan fingerprint density at radius 2 is 1.82 bits per heavy atom. The Kier molecular flexibility index (Phi) is 5.34. The van der Waals surface area contributed by atoms with E-state index in [9.17, 15) is 0 Å². The van der Waals surface area contributed by atoms with Gasteiger partial charge >= 0.3 is 0 Å². The molecule has 0 atom stereocenters. The highest BCUT2D eigenvalue weighted by Gasteiger charge is 1.95. The molecule has 11 heavy (non-hydrogen) atoms. The lowest BCUT2D eigenvalue weighted by Gasteiger charge is -1.98. The van der Waals surface area contributed by atoms with Gasteiger partial charge in [-0.3, -0.25) is 0 Å². The SMILES string of the molecule is Cl.NCc1ccc(Br)c(Br)c1. The first kappa shape index (κ1) is 11.4. The summed E-state index contributed by atoms with van der Waals surface area (Å²) in [6, 6.07) is 5.98. The van der Waals surface area contributed by atoms with Gasteiger partial charge in [0.2, 0.25) is 0 Å². The minimum atomic E-state index is 0. The summed E-state index contributed by atoms with van der Waals surface area (Å²) < 4.78 is 2.11. The monoisotopic (exact) mass is 299 g/mol. The summed E-state index contributed by atoms with van der Waals surface area (Å²) in [4.78, 5) is 0. The first-order chi connectivity index (χ1) is 4.74. The second-order valence-corrected chi connectivity index (χ2v) is 3.66. The molecule has 0 aromatic heterocycles. The summed E-state index contributed by atoms with van der Waals surface area (Å²) in [5, 5.41) is 0. The Bertz CT molecular complexity index is 240. The summed E-state index contributed by atoms with van der Waals surface area (Å²) in [6.07, 6.45) is 0. The maximum absolute atomic E-state index is 5.43. The number of rotatable bonds is 1. The molecule has 0 aliphatic carbocycles. The Hall–Kier alpha value is 0.430. The molecule has 0 amide bonds. The molecular formula is C7H8Br2ClN. The Balaban J connectivity index is 0.000001000. The molecule has 0 saturated heterocycles. The second-order valence-electron chi connectivity index (χ2n) is 1.95. The fourth-order valence-electron chi connectivity index (χ4n) is 0.667. The fraction of sp³-hybridized carbons (Fsp3) is 0.143. The molecule has 0 radical (unpaired) electrons. The molecule has 0 unspecified atom stereocenters. The van der Waals surface area contributed by atoms with E-state index in [1.54, 1.807) is 0 Å². The van der Waals surface area contributed by atoms with Gasteiger partial charge < -0.3 is 5.73 Å². The molecule has 0 spiro atoms. The van der Waals surface area contributed by atoms with Crippen molar-refractivity contribution in [3.63, 3.8) is 0 Å². The number of hydrogen-bond donors (Lipinski definition) is 1. The summed E-state index contributed by atoms with van der Waals surface area (Å²) in [6.45, 7) is 0.589. The third kappa shape index (κ3) is 3.11. The molecule has 1 nitrogen and oxygen atoms in total. The van der Waals surface area contributed by atoms with Crippen molar-refractivity contribution in [1.82, 2.24) is 0 Å². The minimum Gasteiger partial charge on any atom is -0.326 e. The lowest BCUT2D eigenvalue weighted by molar-refractivity contribution is 1.07. The van der Waals surface area contributed by atoms with Crippen molar-refractivity contribution >= 4 is 44.3 Å². The van der Waals surface area contributed by atoms with Crippen LogP contribution < -0.4 is 5.73 Å². The van der Waals surface area contributed by atoms with E-state index in [4.69, 9.17) is 5.73 Å². The van der Waals surface area contributed by atoms with Gasteiger partial charge in [0, 0.05) is 15.5 Å². The summed E-state index contributed by atoms with van der Waals surface area (Å²) >= 11 is 6.76. The van der Waals surface area contributed by atoms with Crippen LogP contribution in [0.5, 0.6) is 0 Å².